The van der Waals surface area contributed by atoms with Crippen LogP contribution in [0.2, 0.25) is 0 Å². The molecule has 122 valence electrons. The van der Waals surface area contributed by atoms with Gasteiger partial charge < -0.3 is 20.1 Å². The van der Waals surface area contributed by atoms with E-state index in [0.29, 0.717) is 5.11 Å². The second-order valence-electron chi connectivity index (χ2n) is 5.45. The molecular formula is C16H20N4O2S. The lowest BCUT2D eigenvalue weighted by Gasteiger charge is -2.11. The van der Waals surface area contributed by atoms with Gasteiger partial charge in [0.25, 0.3) is 0 Å². The number of hydrogen-bond acceptors (Lipinski definition) is 4. The summed E-state index contributed by atoms with van der Waals surface area (Å²) in [6.45, 7) is 6.01. The Morgan fingerprint density at radius 3 is 2.87 bits per heavy atom. The number of hydrogen-bond donors (Lipinski definition) is 2. The molecule has 0 fully saturated rings. The third-order valence-electron chi connectivity index (χ3n) is 3.57. The first kappa shape index (κ1) is 15.6. The van der Waals surface area contributed by atoms with Gasteiger partial charge in [0.1, 0.15) is 0 Å². The maximum absolute atomic E-state index is 5.35. The van der Waals surface area contributed by atoms with Gasteiger partial charge in [-0.3, -0.25) is 4.68 Å². The van der Waals surface area contributed by atoms with E-state index in [1.54, 1.807) is 0 Å². The van der Waals surface area contributed by atoms with Gasteiger partial charge in [0, 0.05) is 30.5 Å². The van der Waals surface area contributed by atoms with Crippen molar-refractivity contribution in [2.45, 2.75) is 26.8 Å². The number of anilines is 1. The van der Waals surface area contributed by atoms with Gasteiger partial charge >= 0.3 is 0 Å². The van der Waals surface area contributed by atoms with Crippen molar-refractivity contribution in [3.63, 3.8) is 0 Å². The van der Waals surface area contributed by atoms with Crippen LogP contribution in [-0.2, 0) is 6.54 Å². The Kier molecular flexibility index (Phi) is 4.66. The van der Waals surface area contributed by atoms with E-state index in [-0.39, 0.29) is 6.79 Å². The molecule has 1 aromatic carbocycles. The molecule has 0 spiro atoms. The highest BCUT2D eigenvalue weighted by Crippen LogP contribution is 2.34. The first-order chi connectivity index (χ1) is 11.1. The van der Waals surface area contributed by atoms with Crippen LogP contribution in [-0.4, -0.2) is 28.2 Å². The highest BCUT2D eigenvalue weighted by molar-refractivity contribution is 7.80. The highest BCUT2D eigenvalue weighted by Gasteiger charge is 2.13. The van der Waals surface area contributed by atoms with Crippen molar-refractivity contribution in [1.29, 1.82) is 0 Å². The van der Waals surface area contributed by atoms with Crippen LogP contribution in [0.5, 0.6) is 11.5 Å². The van der Waals surface area contributed by atoms with Gasteiger partial charge in [-0.05, 0) is 50.7 Å². The maximum Gasteiger partial charge on any atom is 0.231 e. The minimum Gasteiger partial charge on any atom is -0.454 e. The zero-order valence-corrected chi connectivity index (χ0v) is 14.1. The van der Waals surface area contributed by atoms with E-state index in [1.807, 2.05) is 29.8 Å². The monoisotopic (exact) mass is 332 g/mol. The third kappa shape index (κ3) is 3.92. The molecule has 0 saturated carbocycles. The number of thiocarbonyl (C=S) groups is 1. The molecule has 2 aromatic rings. The number of fused-ring (bicyclic) bond motifs is 1. The van der Waals surface area contributed by atoms with E-state index in [9.17, 15) is 0 Å². The number of aryl methyl sites for hydroxylation is 3. The Morgan fingerprint density at radius 2 is 2.09 bits per heavy atom. The Labute approximate surface area is 140 Å². The Hall–Kier alpha value is -2.28. The summed E-state index contributed by atoms with van der Waals surface area (Å²) < 4.78 is 12.6. The average molecular weight is 332 g/mol. The number of aromatic nitrogens is 2. The molecule has 1 aromatic heterocycles. The molecule has 0 unspecified atom stereocenters. The molecule has 0 bridgehead atoms. The van der Waals surface area contributed by atoms with Crippen LogP contribution in [0.3, 0.4) is 0 Å². The fourth-order valence-corrected chi connectivity index (χ4v) is 2.70. The lowest BCUT2D eigenvalue weighted by atomic mass is 10.3. The zero-order valence-electron chi connectivity index (χ0n) is 13.3. The molecule has 2 N–H and O–H groups in total. The lowest BCUT2D eigenvalue weighted by molar-refractivity contribution is 0.174. The quantitative estimate of drug-likeness (QED) is 0.648. The summed E-state index contributed by atoms with van der Waals surface area (Å²) in [7, 11) is 0. The van der Waals surface area contributed by atoms with Crippen LogP contribution in [0.1, 0.15) is 17.8 Å². The van der Waals surface area contributed by atoms with Gasteiger partial charge in [-0.15, -0.1) is 0 Å². The molecule has 7 heteroatoms. The van der Waals surface area contributed by atoms with Crippen LogP contribution in [0.4, 0.5) is 5.69 Å². The van der Waals surface area contributed by atoms with Crippen molar-refractivity contribution in [2.24, 2.45) is 0 Å². The first-order valence-corrected chi connectivity index (χ1v) is 7.98. The fraction of sp³-hybridized carbons (Fsp3) is 0.375. The van der Waals surface area contributed by atoms with E-state index in [4.69, 9.17) is 21.7 Å². The topological polar surface area (TPSA) is 60.3 Å². The van der Waals surface area contributed by atoms with Gasteiger partial charge in [0.15, 0.2) is 16.6 Å². The smallest absolute Gasteiger partial charge is 0.231 e. The first-order valence-electron chi connectivity index (χ1n) is 7.57. The molecule has 6 nitrogen and oxygen atoms in total. The highest BCUT2D eigenvalue weighted by atomic mass is 32.1. The number of nitrogens with zero attached hydrogens (tertiary/aromatic N) is 2. The van der Waals surface area contributed by atoms with E-state index < -0.39 is 0 Å². The molecule has 0 saturated heterocycles. The summed E-state index contributed by atoms with van der Waals surface area (Å²) in [5, 5.41) is 11.4. The van der Waals surface area contributed by atoms with Gasteiger partial charge in [0.05, 0.1) is 5.69 Å². The summed E-state index contributed by atoms with van der Waals surface area (Å²) in [4.78, 5) is 0. The van der Waals surface area contributed by atoms with Crippen LogP contribution < -0.4 is 20.1 Å². The second kappa shape index (κ2) is 6.87. The zero-order chi connectivity index (χ0) is 16.2. The molecule has 0 atom stereocenters. The average Bonchev–Trinajstić information content (AvgIpc) is 3.09. The Morgan fingerprint density at radius 1 is 1.26 bits per heavy atom. The van der Waals surface area contributed by atoms with Crippen LogP contribution >= 0.6 is 12.2 Å². The van der Waals surface area contributed by atoms with Crippen LogP contribution in [0, 0.1) is 13.8 Å². The minimum atomic E-state index is 0.272. The van der Waals surface area contributed by atoms with E-state index in [1.165, 1.54) is 5.69 Å². The summed E-state index contributed by atoms with van der Waals surface area (Å²) in [5.74, 6) is 1.50. The molecule has 0 amide bonds. The molecule has 23 heavy (non-hydrogen) atoms. The minimum absolute atomic E-state index is 0.272. The normalized spacial score (nSPS) is 12.3. The SMILES string of the molecule is Cc1cc(C)n(CCCNC(=S)Nc2ccc3c(c2)OCO3)n1. The number of ether oxygens (including phenoxy) is 2. The van der Waals surface area contributed by atoms with E-state index in [2.05, 4.69) is 28.7 Å². The Balaban J connectivity index is 1.42. The van der Waals surface area contributed by atoms with Crippen molar-refractivity contribution < 1.29 is 9.47 Å². The van der Waals surface area contributed by atoms with Crippen molar-refractivity contribution in [3.8, 4) is 11.5 Å². The number of nitrogens with one attached hydrogen (secondary N) is 2. The molecular weight excluding hydrogens is 312 g/mol. The van der Waals surface area contributed by atoms with Gasteiger partial charge in [-0.25, -0.2) is 0 Å². The molecule has 2 heterocycles. The predicted molar refractivity (Wildman–Crippen MR) is 93.1 cm³/mol. The van der Waals surface area contributed by atoms with Crippen molar-refractivity contribution in [2.75, 3.05) is 18.7 Å². The largest absolute Gasteiger partial charge is 0.454 e. The summed E-state index contributed by atoms with van der Waals surface area (Å²) >= 11 is 5.31. The fourth-order valence-electron chi connectivity index (χ4n) is 2.48. The van der Waals surface area contributed by atoms with Crippen molar-refractivity contribution >= 4 is 23.0 Å². The maximum atomic E-state index is 5.35. The number of benzene rings is 1. The second-order valence-corrected chi connectivity index (χ2v) is 5.86. The standard InChI is InChI=1S/C16H20N4O2S/c1-11-8-12(2)20(19-11)7-3-6-17-16(23)18-13-4-5-14-15(9-13)22-10-21-14/h4-5,8-9H,3,6-7,10H2,1-2H3,(H2,17,18,23). The molecule has 1 aliphatic heterocycles. The molecule has 1 aliphatic rings. The van der Waals surface area contributed by atoms with Gasteiger partial charge in [-0.1, -0.05) is 0 Å². The van der Waals surface area contributed by atoms with Gasteiger partial charge in [-0.2, -0.15) is 5.10 Å². The van der Waals surface area contributed by atoms with E-state index in [0.717, 1.165) is 42.4 Å². The molecule has 0 radical (unpaired) electrons. The molecule has 3 rings (SSSR count). The van der Waals surface area contributed by atoms with Crippen molar-refractivity contribution in [3.05, 3.63) is 35.7 Å². The van der Waals surface area contributed by atoms with Crippen LogP contribution in [0.15, 0.2) is 24.3 Å². The predicted octanol–water partition coefficient (Wildman–Crippen LogP) is 2.61. The van der Waals surface area contributed by atoms with Crippen molar-refractivity contribution in [1.82, 2.24) is 15.1 Å². The van der Waals surface area contributed by atoms with Crippen LogP contribution in [0.25, 0.3) is 0 Å². The van der Waals surface area contributed by atoms with E-state index >= 15 is 0 Å². The molecule has 0 aliphatic carbocycles. The Bertz CT molecular complexity index is 714. The summed E-state index contributed by atoms with van der Waals surface area (Å²) in [6, 6.07) is 7.75. The summed E-state index contributed by atoms with van der Waals surface area (Å²) in [5.41, 5.74) is 3.12. The number of rotatable bonds is 5. The summed E-state index contributed by atoms with van der Waals surface area (Å²) in [6.07, 6.45) is 0.949. The third-order valence-corrected chi connectivity index (χ3v) is 3.81. The van der Waals surface area contributed by atoms with Gasteiger partial charge in [0.2, 0.25) is 6.79 Å². The lowest BCUT2D eigenvalue weighted by Crippen LogP contribution is -2.29.